The molecule has 0 radical (unpaired) electrons. The van der Waals surface area contributed by atoms with Crippen molar-refractivity contribution in [2.24, 2.45) is 10.2 Å². The van der Waals surface area contributed by atoms with Gasteiger partial charge in [-0.15, -0.1) is 6.42 Å². The highest BCUT2D eigenvalue weighted by molar-refractivity contribution is 5.94. The van der Waals surface area contributed by atoms with Gasteiger partial charge in [0.25, 0.3) is 0 Å². The predicted molar refractivity (Wildman–Crippen MR) is 71.8 cm³/mol. The summed E-state index contributed by atoms with van der Waals surface area (Å²) in [7, 11) is 0. The molecule has 0 unspecified atom stereocenters. The Morgan fingerprint density at radius 1 is 1.11 bits per heavy atom. The number of rotatable bonds is 2. The van der Waals surface area contributed by atoms with Crippen LogP contribution < -0.4 is 4.91 Å². The molecular formula is C15H10N3O+. The zero-order valence-corrected chi connectivity index (χ0v) is 10.0. The molecule has 19 heavy (non-hydrogen) atoms. The summed E-state index contributed by atoms with van der Waals surface area (Å²) in [6.45, 7) is 0. The summed E-state index contributed by atoms with van der Waals surface area (Å²) in [5.74, 6) is 2.06. The third-order valence-corrected chi connectivity index (χ3v) is 2.33. The monoisotopic (exact) mass is 248 g/mol. The minimum atomic E-state index is -0.433. The molecular weight excluding hydrogens is 238 g/mol. The lowest BCUT2D eigenvalue weighted by atomic mass is 10.2. The second-order valence-electron chi connectivity index (χ2n) is 3.66. The molecule has 0 bridgehead atoms. The van der Waals surface area contributed by atoms with Crippen LogP contribution in [0.2, 0.25) is 0 Å². The van der Waals surface area contributed by atoms with E-state index >= 15 is 0 Å². The van der Waals surface area contributed by atoms with Gasteiger partial charge in [0, 0.05) is 11.1 Å². The van der Waals surface area contributed by atoms with Gasteiger partial charge in [-0.1, -0.05) is 30.2 Å². The van der Waals surface area contributed by atoms with Crippen LogP contribution in [0.1, 0.15) is 15.9 Å². The first-order valence-electron chi connectivity index (χ1n) is 5.57. The Labute approximate surface area is 110 Å². The Balaban J connectivity index is 2.16. The summed E-state index contributed by atoms with van der Waals surface area (Å²) in [4.78, 5) is 15.1. The quantitative estimate of drug-likeness (QED) is 0.457. The maximum Gasteiger partial charge on any atom is 0.360 e. The molecule has 0 aliphatic heterocycles. The van der Waals surface area contributed by atoms with Crippen molar-refractivity contribution in [2.75, 3.05) is 0 Å². The van der Waals surface area contributed by atoms with Crippen LogP contribution in [0.25, 0.3) is 0 Å². The Morgan fingerprint density at radius 2 is 1.89 bits per heavy atom. The van der Waals surface area contributed by atoms with Crippen molar-refractivity contribution >= 4 is 11.6 Å². The van der Waals surface area contributed by atoms with E-state index < -0.39 is 5.91 Å². The molecule has 0 atom stereocenters. The smallest absolute Gasteiger partial charge is 0.259 e. The average molecular weight is 248 g/mol. The maximum atomic E-state index is 11.6. The van der Waals surface area contributed by atoms with Crippen LogP contribution in [0.15, 0.2) is 64.8 Å². The van der Waals surface area contributed by atoms with Gasteiger partial charge in [-0.05, 0) is 30.3 Å². The first-order valence-corrected chi connectivity index (χ1v) is 5.57. The Hall–Kier alpha value is -3.02. The SMILES string of the molecule is C#Cc1cccc(N=[N+]=NC(=O)c2ccccc2)c1. The lowest BCUT2D eigenvalue weighted by molar-refractivity contribution is 0.0992. The van der Waals surface area contributed by atoms with Crippen molar-refractivity contribution in [1.82, 2.24) is 4.91 Å². The molecule has 4 heteroatoms. The highest BCUT2D eigenvalue weighted by Crippen LogP contribution is 2.11. The molecule has 0 fully saturated rings. The zero-order chi connectivity index (χ0) is 13.5. The standard InChI is InChI=1S/C15H10N3O/c1-2-12-7-6-10-14(11-12)16-18-17-15(19)13-8-4-3-5-9-13/h1,3-11H/q+1. The first-order chi connectivity index (χ1) is 9.29. The molecule has 0 heterocycles. The van der Waals surface area contributed by atoms with Crippen LogP contribution >= 0.6 is 0 Å². The largest absolute Gasteiger partial charge is 0.360 e. The summed E-state index contributed by atoms with van der Waals surface area (Å²) in [6, 6.07) is 15.6. The minimum absolute atomic E-state index is 0.433. The second-order valence-corrected chi connectivity index (χ2v) is 3.66. The van der Waals surface area contributed by atoms with E-state index in [0.29, 0.717) is 16.8 Å². The van der Waals surface area contributed by atoms with Crippen molar-refractivity contribution in [3.05, 3.63) is 65.7 Å². The van der Waals surface area contributed by atoms with E-state index in [1.807, 2.05) is 6.07 Å². The van der Waals surface area contributed by atoms with Gasteiger partial charge in [-0.3, -0.25) is 4.79 Å². The van der Waals surface area contributed by atoms with Gasteiger partial charge in [0.05, 0.1) is 0 Å². The van der Waals surface area contributed by atoms with E-state index in [1.165, 1.54) is 0 Å². The number of hydrogen-bond donors (Lipinski definition) is 0. The summed E-state index contributed by atoms with van der Waals surface area (Å²) in [5, 5.41) is 7.34. The van der Waals surface area contributed by atoms with Crippen LogP contribution in [-0.4, -0.2) is 5.91 Å². The highest BCUT2D eigenvalue weighted by Gasteiger charge is 2.08. The fourth-order valence-electron chi connectivity index (χ4n) is 1.41. The van der Waals surface area contributed by atoms with Gasteiger partial charge in [0.2, 0.25) is 10.0 Å². The first kappa shape index (κ1) is 12.4. The number of amides is 1. The average Bonchev–Trinajstić information content (AvgIpc) is 2.48. The number of carbonyl (C=O) groups is 1. The molecule has 2 aromatic rings. The summed E-state index contributed by atoms with van der Waals surface area (Å²) in [5.41, 5.74) is 1.73. The lowest BCUT2D eigenvalue weighted by Crippen LogP contribution is -1.93. The molecule has 90 valence electrons. The molecule has 2 rings (SSSR count). The second kappa shape index (κ2) is 6.06. The van der Waals surface area contributed by atoms with Crippen LogP contribution in [0, 0.1) is 12.3 Å². The van der Waals surface area contributed by atoms with Crippen LogP contribution in [0.5, 0.6) is 0 Å². The molecule has 0 spiro atoms. The minimum Gasteiger partial charge on any atom is -0.259 e. The third-order valence-electron chi connectivity index (χ3n) is 2.33. The van der Waals surface area contributed by atoms with Crippen molar-refractivity contribution < 1.29 is 4.79 Å². The number of carbonyl (C=O) groups excluding carboxylic acids is 1. The third kappa shape index (κ3) is 3.47. The zero-order valence-electron chi connectivity index (χ0n) is 10.0. The van der Waals surface area contributed by atoms with Crippen molar-refractivity contribution in [3.63, 3.8) is 0 Å². The number of benzene rings is 2. The molecule has 0 N–H and O–H groups in total. The fraction of sp³-hybridized carbons (Fsp3) is 0. The normalized spacial score (nSPS) is 9.00. The van der Waals surface area contributed by atoms with Crippen molar-refractivity contribution in [3.8, 4) is 12.3 Å². The van der Waals surface area contributed by atoms with Gasteiger partial charge >= 0.3 is 5.91 Å². The molecule has 0 aliphatic rings. The van der Waals surface area contributed by atoms with E-state index in [9.17, 15) is 4.79 Å². The van der Waals surface area contributed by atoms with E-state index in [4.69, 9.17) is 6.42 Å². The van der Waals surface area contributed by atoms with Crippen LogP contribution in [-0.2, 0) is 0 Å². The van der Waals surface area contributed by atoms with E-state index in [-0.39, 0.29) is 0 Å². The van der Waals surface area contributed by atoms with Crippen LogP contribution in [0.3, 0.4) is 0 Å². The van der Waals surface area contributed by atoms with E-state index in [0.717, 1.165) is 0 Å². The fourth-order valence-corrected chi connectivity index (χ4v) is 1.41. The van der Waals surface area contributed by atoms with E-state index in [1.54, 1.807) is 48.5 Å². The molecule has 0 aliphatic carbocycles. The van der Waals surface area contributed by atoms with Crippen molar-refractivity contribution in [2.45, 2.75) is 0 Å². The lowest BCUT2D eigenvalue weighted by Gasteiger charge is -1.87. The Morgan fingerprint density at radius 3 is 2.63 bits per heavy atom. The predicted octanol–water partition coefficient (Wildman–Crippen LogP) is 3.11. The Kier molecular flexibility index (Phi) is 3.97. The molecule has 1 amide bonds. The molecule has 4 nitrogen and oxygen atoms in total. The van der Waals surface area contributed by atoms with E-state index in [2.05, 4.69) is 21.1 Å². The summed E-state index contributed by atoms with van der Waals surface area (Å²) < 4.78 is 0. The topological polar surface area (TPSA) is 55.9 Å². The summed E-state index contributed by atoms with van der Waals surface area (Å²) >= 11 is 0. The van der Waals surface area contributed by atoms with Crippen molar-refractivity contribution in [1.29, 1.82) is 0 Å². The number of terminal acetylenes is 1. The number of nitrogens with zero attached hydrogens (tertiary/aromatic N) is 3. The van der Waals surface area contributed by atoms with Gasteiger partial charge in [0.1, 0.15) is 0 Å². The molecule has 0 saturated carbocycles. The van der Waals surface area contributed by atoms with Gasteiger partial charge in [0.15, 0.2) is 10.8 Å². The maximum absolute atomic E-state index is 11.6. The van der Waals surface area contributed by atoms with Gasteiger partial charge in [-0.2, -0.15) is 0 Å². The molecule has 0 aromatic heterocycles. The van der Waals surface area contributed by atoms with Gasteiger partial charge < -0.3 is 0 Å². The molecule has 2 aromatic carbocycles. The van der Waals surface area contributed by atoms with Crippen LogP contribution in [0.4, 0.5) is 5.69 Å². The molecule has 0 saturated heterocycles. The number of hydrogen-bond acceptors (Lipinski definition) is 2. The Bertz CT molecular complexity index is 693. The van der Waals surface area contributed by atoms with Gasteiger partial charge in [-0.25, -0.2) is 0 Å². The summed E-state index contributed by atoms with van der Waals surface area (Å²) in [6.07, 6.45) is 5.27. The highest BCUT2D eigenvalue weighted by atomic mass is 16.1.